The number of fused-ring (bicyclic) bond motifs is 1. The van der Waals surface area contributed by atoms with Crippen LogP contribution in [0.3, 0.4) is 0 Å². The summed E-state index contributed by atoms with van der Waals surface area (Å²) in [5.41, 5.74) is 7.00. The molecule has 1 aromatic carbocycles. The monoisotopic (exact) mass is 494 g/mol. The van der Waals surface area contributed by atoms with Gasteiger partial charge in [0.25, 0.3) is 0 Å². The Kier molecular flexibility index (Phi) is 5.54. The summed E-state index contributed by atoms with van der Waals surface area (Å²) in [6.45, 7) is 5.41. The summed E-state index contributed by atoms with van der Waals surface area (Å²) in [6, 6.07) is 8.17. The number of ether oxygens (including phenoxy) is 2. The van der Waals surface area contributed by atoms with Crippen LogP contribution < -0.4 is 10.5 Å². The predicted molar refractivity (Wildman–Crippen MR) is 111 cm³/mol. The number of carbonyl (C=O) groups is 2. The first kappa shape index (κ1) is 20.1. The van der Waals surface area contributed by atoms with Gasteiger partial charge in [0.1, 0.15) is 11.9 Å². The van der Waals surface area contributed by atoms with Crippen molar-refractivity contribution in [2.45, 2.75) is 32.8 Å². The highest BCUT2D eigenvalue weighted by Gasteiger charge is 2.20. The van der Waals surface area contributed by atoms with Crippen molar-refractivity contribution in [3.05, 3.63) is 51.5 Å². The Balaban J connectivity index is 1.85. The van der Waals surface area contributed by atoms with Gasteiger partial charge in [0.2, 0.25) is 0 Å². The molecular formula is C19H19IN4O4. The summed E-state index contributed by atoms with van der Waals surface area (Å²) < 4.78 is 13.0. The Bertz CT molecular complexity index is 1060. The molecule has 3 aromatic rings. The average molecular weight is 494 g/mol. The van der Waals surface area contributed by atoms with Crippen molar-refractivity contribution in [1.29, 1.82) is 0 Å². The maximum absolute atomic E-state index is 12.5. The fourth-order valence-electron chi connectivity index (χ4n) is 2.53. The number of pyridine rings is 1. The molecular weight excluding hydrogens is 475 g/mol. The largest absolute Gasteiger partial charge is 0.460 e. The van der Waals surface area contributed by atoms with Crippen LogP contribution in [0.2, 0.25) is 0 Å². The third kappa shape index (κ3) is 4.58. The molecule has 0 aliphatic rings. The molecule has 2 heterocycles. The molecule has 0 aliphatic carbocycles. The summed E-state index contributed by atoms with van der Waals surface area (Å²) in [6.07, 6.45) is 1.35. The predicted octanol–water partition coefficient (Wildman–Crippen LogP) is 3.02. The van der Waals surface area contributed by atoms with Gasteiger partial charge in [-0.05, 0) is 73.7 Å². The number of nitrogen functional groups attached to an aromatic ring is 1. The van der Waals surface area contributed by atoms with Crippen molar-refractivity contribution >= 4 is 45.9 Å². The highest BCUT2D eigenvalue weighted by atomic mass is 127. The maximum Gasteiger partial charge on any atom is 0.344 e. The SMILES string of the molecule is CC(C)(C)OC(=O)Cc1ccc(OC(=O)c2ccc(N)cc2I)c2ncnn12. The second-order valence-corrected chi connectivity index (χ2v) is 8.24. The van der Waals surface area contributed by atoms with E-state index >= 15 is 0 Å². The number of benzene rings is 1. The number of aromatic nitrogens is 3. The Morgan fingerprint density at radius 1 is 1.21 bits per heavy atom. The van der Waals surface area contributed by atoms with Crippen LogP contribution in [0.4, 0.5) is 5.69 Å². The Morgan fingerprint density at radius 2 is 1.96 bits per heavy atom. The first-order valence-electron chi connectivity index (χ1n) is 8.45. The van der Waals surface area contributed by atoms with Crippen molar-refractivity contribution in [3.63, 3.8) is 0 Å². The van der Waals surface area contributed by atoms with Crippen LogP contribution in [-0.2, 0) is 16.0 Å². The van der Waals surface area contributed by atoms with E-state index in [1.807, 2.05) is 22.6 Å². The minimum absolute atomic E-state index is 0.0151. The van der Waals surface area contributed by atoms with Gasteiger partial charge >= 0.3 is 11.9 Å². The number of hydrogen-bond acceptors (Lipinski definition) is 7. The first-order chi connectivity index (χ1) is 13.1. The van der Waals surface area contributed by atoms with Crippen LogP contribution in [0.15, 0.2) is 36.7 Å². The molecule has 146 valence electrons. The lowest BCUT2D eigenvalue weighted by atomic mass is 10.2. The second kappa shape index (κ2) is 7.74. The molecule has 0 radical (unpaired) electrons. The number of rotatable bonds is 4. The lowest BCUT2D eigenvalue weighted by Crippen LogP contribution is -2.25. The summed E-state index contributed by atoms with van der Waals surface area (Å²) in [7, 11) is 0. The second-order valence-electron chi connectivity index (χ2n) is 7.08. The fourth-order valence-corrected chi connectivity index (χ4v) is 3.29. The average Bonchev–Trinajstić information content (AvgIpc) is 3.05. The van der Waals surface area contributed by atoms with Crippen molar-refractivity contribution in [2.24, 2.45) is 0 Å². The number of carbonyl (C=O) groups excluding carboxylic acids is 2. The molecule has 3 rings (SSSR count). The van der Waals surface area contributed by atoms with Gasteiger partial charge in [0, 0.05) is 9.26 Å². The molecule has 0 unspecified atom stereocenters. The molecule has 9 heteroatoms. The molecule has 0 saturated carbocycles. The summed E-state index contributed by atoms with van der Waals surface area (Å²) >= 11 is 2.02. The van der Waals surface area contributed by atoms with Crippen molar-refractivity contribution in [1.82, 2.24) is 14.6 Å². The third-order valence-corrected chi connectivity index (χ3v) is 4.52. The standard InChI is InChI=1S/C19H19IN4O4/c1-19(2,3)28-16(25)9-12-5-7-15(17-22-10-23-24(12)17)27-18(26)13-6-4-11(21)8-14(13)20/h4-8,10H,9,21H2,1-3H3. The highest BCUT2D eigenvalue weighted by Crippen LogP contribution is 2.23. The lowest BCUT2D eigenvalue weighted by molar-refractivity contribution is -0.154. The molecule has 0 atom stereocenters. The zero-order chi connectivity index (χ0) is 20.5. The molecule has 0 saturated heterocycles. The van der Waals surface area contributed by atoms with Gasteiger partial charge in [-0.25, -0.2) is 14.3 Å². The van der Waals surface area contributed by atoms with Crippen LogP contribution in [-0.4, -0.2) is 32.1 Å². The molecule has 8 nitrogen and oxygen atoms in total. The minimum atomic E-state index is -0.579. The van der Waals surface area contributed by atoms with Crippen LogP contribution in [0.1, 0.15) is 36.8 Å². The smallest absolute Gasteiger partial charge is 0.344 e. The van der Waals surface area contributed by atoms with Crippen LogP contribution in [0, 0.1) is 3.57 Å². The van der Waals surface area contributed by atoms with Crippen molar-refractivity contribution < 1.29 is 19.1 Å². The summed E-state index contributed by atoms with van der Waals surface area (Å²) in [4.78, 5) is 28.8. The van der Waals surface area contributed by atoms with Crippen LogP contribution >= 0.6 is 22.6 Å². The normalized spacial score (nSPS) is 11.4. The summed E-state index contributed by atoms with van der Waals surface area (Å²) in [5, 5.41) is 4.13. The van der Waals surface area contributed by atoms with E-state index in [0.29, 0.717) is 26.2 Å². The molecule has 2 N–H and O–H groups in total. The zero-order valence-electron chi connectivity index (χ0n) is 15.6. The van der Waals surface area contributed by atoms with Gasteiger partial charge in [0.15, 0.2) is 11.4 Å². The third-order valence-electron chi connectivity index (χ3n) is 3.63. The van der Waals surface area contributed by atoms with Crippen LogP contribution in [0.5, 0.6) is 5.75 Å². The first-order valence-corrected chi connectivity index (χ1v) is 9.52. The van der Waals surface area contributed by atoms with Crippen LogP contribution in [0.25, 0.3) is 5.65 Å². The number of nitrogens with zero attached hydrogens (tertiary/aromatic N) is 3. The summed E-state index contributed by atoms with van der Waals surface area (Å²) in [5.74, 6) is -0.678. The number of esters is 2. The fraction of sp³-hybridized carbons (Fsp3) is 0.263. The van der Waals surface area contributed by atoms with E-state index in [4.69, 9.17) is 15.2 Å². The molecule has 28 heavy (non-hydrogen) atoms. The quantitative estimate of drug-likeness (QED) is 0.338. The molecule has 0 amide bonds. The highest BCUT2D eigenvalue weighted by molar-refractivity contribution is 14.1. The van der Waals surface area contributed by atoms with E-state index in [1.54, 1.807) is 51.1 Å². The molecule has 2 aromatic heterocycles. The number of nitrogens with two attached hydrogens (primary N) is 1. The van der Waals surface area contributed by atoms with Gasteiger partial charge in [0.05, 0.1) is 17.7 Å². The van der Waals surface area contributed by atoms with Gasteiger partial charge in [-0.1, -0.05) is 0 Å². The van der Waals surface area contributed by atoms with Gasteiger partial charge < -0.3 is 15.2 Å². The van der Waals surface area contributed by atoms with Crippen molar-refractivity contribution in [2.75, 3.05) is 5.73 Å². The minimum Gasteiger partial charge on any atom is -0.460 e. The molecule has 0 aliphatic heterocycles. The topological polar surface area (TPSA) is 109 Å². The van der Waals surface area contributed by atoms with Gasteiger partial charge in [-0.15, -0.1) is 0 Å². The lowest BCUT2D eigenvalue weighted by Gasteiger charge is -2.19. The van der Waals surface area contributed by atoms with Gasteiger partial charge in [-0.2, -0.15) is 5.10 Å². The van der Waals surface area contributed by atoms with Gasteiger partial charge in [-0.3, -0.25) is 4.79 Å². The van der Waals surface area contributed by atoms with E-state index in [9.17, 15) is 9.59 Å². The Hall–Kier alpha value is -2.69. The number of hydrogen-bond donors (Lipinski definition) is 1. The number of halogens is 1. The van der Waals surface area contributed by atoms with E-state index in [-0.39, 0.29) is 18.1 Å². The molecule has 0 spiro atoms. The Labute approximate surface area is 175 Å². The van der Waals surface area contributed by atoms with E-state index in [1.165, 1.54) is 10.8 Å². The van der Waals surface area contributed by atoms with Crippen molar-refractivity contribution in [3.8, 4) is 5.75 Å². The van der Waals surface area contributed by atoms with E-state index in [2.05, 4.69) is 10.1 Å². The zero-order valence-corrected chi connectivity index (χ0v) is 17.8. The number of anilines is 1. The van der Waals surface area contributed by atoms with E-state index < -0.39 is 11.6 Å². The molecule has 0 bridgehead atoms. The molecule has 0 fully saturated rings. The maximum atomic E-state index is 12.5. The van der Waals surface area contributed by atoms with E-state index in [0.717, 1.165) is 0 Å². The Morgan fingerprint density at radius 3 is 2.64 bits per heavy atom.